The molecule has 6 saturated carbocycles. The van der Waals surface area contributed by atoms with Gasteiger partial charge in [-0.3, -0.25) is 9.59 Å². The fraction of sp³-hybridized carbons (Fsp3) is 0.667. The van der Waals surface area contributed by atoms with Gasteiger partial charge in [-0.15, -0.1) is 0 Å². The molecule has 1 aromatic rings. The molecule has 1 heterocycles. The van der Waals surface area contributed by atoms with E-state index >= 15 is 0 Å². The lowest BCUT2D eigenvalue weighted by Crippen LogP contribution is -2.59. The Balaban J connectivity index is 1.04. The number of ether oxygens (including phenoxy) is 5. The molecule has 1 saturated heterocycles. The van der Waals surface area contributed by atoms with Crippen molar-refractivity contribution in [3.05, 3.63) is 27.8 Å². The van der Waals surface area contributed by atoms with Crippen LogP contribution in [-0.2, 0) is 33.3 Å². The second-order valence-electron chi connectivity index (χ2n) is 13.4. The van der Waals surface area contributed by atoms with Crippen molar-refractivity contribution in [3.8, 4) is 5.75 Å². The number of carbonyl (C=O) groups excluding carboxylic acids is 4. The van der Waals surface area contributed by atoms with Crippen LogP contribution >= 0.6 is 22.6 Å². The molecule has 8 rings (SSSR count). The molecular formula is C30H31F2IO9. The van der Waals surface area contributed by atoms with Crippen molar-refractivity contribution in [1.82, 2.24) is 0 Å². The Morgan fingerprint density at radius 2 is 1.74 bits per heavy atom. The van der Waals surface area contributed by atoms with Crippen molar-refractivity contribution in [2.24, 2.45) is 40.9 Å². The summed E-state index contributed by atoms with van der Waals surface area (Å²) >= 11 is 2.15. The summed E-state index contributed by atoms with van der Waals surface area (Å²) in [6.45, 7) is 0.375. The van der Waals surface area contributed by atoms with Crippen molar-refractivity contribution in [1.29, 1.82) is 0 Å². The molecule has 7 aliphatic rings. The molecule has 9 nitrogen and oxygen atoms in total. The predicted octanol–water partition coefficient (Wildman–Crippen LogP) is 5.06. The Bertz CT molecular complexity index is 1310. The lowest BCUT2D eigenvalue weighted by atomic mass is 9.48. The molecule has 0 radical (unpaired) electrons. The topological polar surface area (TPSA) is 114 Å². The van der Waals surface area contributed by atoms with Gasteiger partial charge in [0.2, 0.25) is 0 Å². The van der Waals surface area contributed by atoms with Crippen LogP contribution in [-0.4, -0.2) is 54.4 Å². The number of hydrogen-bond acceptors (Lipinski definition) is 9. The molecule has 8 unspecified atom stereocenters. The first-order valence-electron chi connectivity index (χ1n) is 14.5. The van der Waals surface area contributed by atoms with E-state index in [1.807, 2.05) is 12.1 Å². The van der Waals surface area contributed by atoms with Crippen LogP contribution in [0, 0.1) is 44.5 Å². The van der Waals surface area contributed by atoms with Gasteiger partial charge >= 0.3 is 30.0 Å². The van der Waals surface area contributed by atoms with Gasteiger partial charge in [0.05, 0.1) is 18.4 Å². The van der Waals surface area contributed by atoms with Crippen LogP contribution in [0.5, 0.6) is 5.75 Å². The average molecular weight is 700 g/mol. The van der Waals surface area contributed by atoms with Crippen LogP contribution in [0.4, 0.5) is 13.6 Å². The quantitative estimate of drug-likeness (QED) is 0.167. The van der Waals surface area contributed by atoms with Crippen LogP contribution in [0.15, 0.2) is 24.3 Å². The fourth-order valence-corrected chi connectivity index (χ4v) is 9.83. The van der Waals surface area contributed by atoms with Crippen LogP contribution in [0.1, 0.15) is 51.9 Å². The van der Waals surface area contributed by atoms with Crippen LogP contribution in [0.25, 0.3) is 0 Å². The first kappa shape index (κ1) is 28.3. The normalized spacial score (nSPS) is 40.5. The summed E-state index contributed by atoms with van der Waals surface area (Å²) in [6, 6.07) is 6.98. The average Bonchev–Trinajstić information content (AvgIpc) is 3.51. The Morgan fingerprint density at radius 3 is 2.40 bits per heavy atom. The van der Waals surface area contributed by atoms with Crippen molar-refractivity contribution < 1.29 is 51.6 Å². The fourth-order valence-electron chi connectivity index (χ4n) is 9.47. The predicted molar refractivity (Wildman–Crippen MR) is 146 cm³/mol. The second kappa shape index (κ2) is 9.75. The zero-order valence-electron chi connectivity index (χ0n) is 22.9. The third-order valence-electron chi connectivity index (χ3n) is 10.4. The van der Waals surface area contributed by atoms with E-state index in [2.05, 4.69) is 22.6 Å². The Hall–Kier alpha value is -2.51. The highest BCUT2D eigenvalue weighted by Crippen LogP contribution is 2.63. The highest BCUT2D eigenvalue weighted by atomic mass is 127. The van der Waals surface area contributed by atoms with Gasteiger partial charge in [-0.05, 0) is 104 Å². The number of rotatable bonds is 7. The van der Waals surface area contributed by atoms with Gasteiger partial charge in [0, 0.05) is 27.7 Å². The maximum atomic E-state index is 13.4. The molecule has 1 aliphatic heterocycles. The summed E-state index contributed by atoms with van der Waals surface area (Å²) in [7, 11) is 0. The van der Waals surface area contributed by atoms with E-state index in [0.717, 1.165) is 22.8 Å². The van der Waals surface area contributed by atoms with E-state index < -0.39 is 71.0 Å². The molecule has 7 fully saturated rings. The third-order valence-corrected chi connectivity index (χ3v) is 11.1. The van der Waals surface area contributed by atoms with Crippen molar-refractivity contribution >= 4 is 46.7 Å². The van der Waals surface area contributed by atoms with Gasteiger partial charge in [-0.25, -0.2) is 9.59 Å². The highest BCUT2D eigenvalue weighted by Gasteiger charge is 2.70. The smallest absolute Gasteiger partial charge is 0.461 e. The molecule has 1 aromatic carbocycles. The zero-order valence-corrected chi connectivity index (χ0v) is 25.1. The van der Waals surface area contributed by atoms with Crippen LogP contribution in [0.2, 0.25) is 0 Å². The van der Waals surface area contributed by atoms with Crippen molar-refractivity contribution in [2.45, 2.75) is 75.6 Å². The summed E-state index contributed by atoms with van der Waals surface area (Å²) < 4.78 is 56.1. The standard InChI is InChI=1S/C30H31F2IO9/c1-28(31,32)26(36)38-13-29-8-14-6-15(9-29)11-30(10-14,12-29)42-27(37)41-23-19-7-18-21(25(35)40-22(18)23)20(19)24(34)39-17-4-2-16(33)3-5-17/h2-5,14-15,18-23H,6-13H2,1H3. The molecule has 0 spiro atoms. The molecule has 6 bridgehead atoms. The van der Waals surface area contributed by atoms with Crippen LogP contribution in [0.3, 0.4) is 0 Å². The Morgan fingerprint density at radius 1 is 1.05 bits per heavy atom. The highest BCUT2D eigenvalue weighted by molar-refractivity contribution is 14.1. The van der Waals surface area contributed by atoms with Crippen molar-refractivity contribution in [3.63, 3.8) is 0 Å². The van der Waals surface area contributed by atoms with E-state index in [1.54, 1.807) is 12.1 Å². The summed E-state index contributed by atoms with van der Waals surface area (Å²) in [5.74, 6) is -7.47. The van der Waals surface area contributed by atoms with Crippen molar-refractivity contribution in [2.75, 3.05) is 6.61 Å². The monoisotopic (exact) mass is 700 g/mol. The third kappa shape index (κ3) is 4.75. The molecule has 0 aromatic heterocycles. The Labute approximate surface area is 254 Å². The van der Waals surface area contributed by atoms with Gasteiger partial charge in [-0.2, -0.15) is 8.78 Å². The van der Waals surface area contributed by atoms with Gasteiger partial charge in [0.15, 0.2) is 0 Å². The maximum Gasteiger partial charge on any atom is 0.509 e. The molecule has 6 aliphatic carbocycles. The zero-order chi connectivity index (χ0) is 29.6. The molecule has 0 amide bonds. The first-order valence-corrected chi connectivity index (χ1v) is 15.5. The van der Waals surface area contributed by atoms with E-state index in [-0.39, 0.29) is 24.4 Å². The number of carbonyl (C=O) groups is 4. The van der Waals surface area contributed by atoms with Gasteiger partial charge in [0.25, 0.3) is 0 Å². The van der Waals surface area contributed by atoms with Crippen LogP contribution < -0.4 is 4.74 Å². The largest absolute Gasteiger partial charge is 0.509 e. The maximum absolute atomic E-state index is 13.4. The molecule has 0 N–H and O–H groups in total. The summed E-state index contributed by atoms with van der Waals surface area (Å²) in [6.07, 6.45) is 2.17. The lowest BCUT2D eigenvalue weighted by molar-refractivity contribution is -0.204. The summed E-state index contributed by atoms with van der Waals surface area (Å²) in [4.78, 5) is 51.2. The minimum Gasteiger partial charge on any atom is -0.461 e. The first-order chi connectivity index (χ1) is 19.8. The summed E-state index contributed by atoms with van der Waals surface area (Å²) in [5, 5.41) is 0. The lowest BCUT2D eigenvalue weighted by Gasteiger charge is -2.60. The van der Waals surface area contributed by atoms with Gasteiger partial charge in [0.1, 0.15) is 23.6 Å². The minimum absolute atomic E-state index is 0.140. The Kier molecular flexibility index (Phi) is 6.56. The molecule has 12 heteroatoms. The van der Waals surface area contributed by atoms with E-state index in [9.17, 15) is 28.0 Å². The van der Waals surface area contributed by atoms with Gasteiger partial charge < -0.3 is 23.7 Å². The molecular weight excluding hydrogens is 669 g/mol. The second-order valence-corrected chi connectivity index (χ2v) is 14.7. The number of esters is 3. The number of benzene rings is 1. The number of halogens is 3. The minimum atomic E-state index is -3.58. The number of alkyl halides is 2. The van der Waals surface area contributed by atoms with E-state index in [4.69, 9.17) is 23.7 Å². The summed E-state index contributed by atoms with van der Waals surface area (Å²) in [5.41, 5.74) is -1.38. The molecule has 8 atom stereocenters. The van der Waals surface area contributed by atoms with E-state index in [1.165, 1.54) is 0 Å². The van der Waals surface area contributed by atoms with Gasteiger partial charge in [-0.1, -0.05) is 0 Å². The SMILES string of the molecule is CC(F)(F)C(=O)OCC12CC3CC(C1)CC(OC(=O)OC1C4CC5C1OC(=O)C5C4C(=O)Oc1ccc(I)cc1)(C3)C2. The number of fused-ring (bicyclic) bond motifs is 1. The molecule has 42 heavy (non-hydrogen) atoms. The number of hydrogen-bond donors (Lipinski definition) is 0. The molecule has 226 valence electrons. The van der Waals surface area contributed by atoms with E-state index in [0.29, 0.717) is 38.4 Å².